The minimum absolute atomic E-state index is 0.153. The molecule has 0 aliphatic carbocycles. The number of rotatable bonds is 5. The fourth-order valence-corrected chi connectivity index (χ4v) is 1.56. The van der Waals surface area contributed by atoms with E-state index < -0.39 is 5.97 Å². The van der Waals surface area contributed by atoms with Crippen molar-refractivity contribution in [1.29, 1.82) is 5.26 Å². The van der Waals surface area contributed by atoms with E-state index >= 15 is 0 Å². The lowest BCUT2D eigenvalue weighted by Gasteiger charge is -2.07. The third-order valence-corrected chi connectivity index (χ3v) is 2.50. The van der Waals surface area contributed by atoms with E-state index in [1.54, 1.807) is 37.4 Å². The highest BCUT2D eigenvalue weighted by atomic mass is 16.5. The Bertz CT molecular complexity index is 643. The van der Waals surface area contributed by atoms with Gasteiger partial charge in [0.15, 0.2) is 0 Å². The molecule has 0 atom stereocenters. The number of aryl methyl sites for hydroxylation is 1. The average molecular weight is 271 g/mol. The number of pyridine rings is 1. The van der Waals surface area contributed by atoms with Gasteiger partial charge in [-0.3, -0.25) is 0 Å². The molecule has 2 heterocycles. The Morgan fingerprint density at radius 1 is 1.50 bits per heavy atom. The molecule has 20 heavy (non-hydrogen) atoms. The summed E-state index contributed by atoms with van der Waals surface area (Å²) in [5.74, 6) is 0.793. The van der Waals surface area contributed by atoms with Crippen molar-refractivity contribution in [2.24, 2.45) is 0 Å². The Balaban J connectivity index is 1.79. The monoisotopic (exact) mass is 271 g/mol. The summed E-state index contributed by atoms with van der Waals surface area (Å²) in [4.78, 5) is 15.6. The van der Waals surface area contributed by atoms with Crippen molar-refractivity contribution >= 4 is 11.8 Å². The van der Waals surface area contributed by atoms with Gasteiger partial charge in [-0.25, -0.2) is 9.78 Å². The fourth-order valence-electron chi connectivity index (χ4n) is 1.56. The van der Waals surface area contributed by atoms with Crippen LogP contribution >= 0.6 is 0 Å². The van der Waals surface area contributed by atoms with Crippen LogP contribution in [-0.2, 0) is 4.74 Å². The van der Waals surface area contributed by atoms with Crippen molar-refractivity contribution in [3.8, 4) is 6.07 Å². The van der Waals surface area contributed by atoms with E-state index in [4.69, 9.17) is 14.4 Å². The number of furan rings is 1. The second-order valence-corrected chi connectivity index (χ2v) is 3.98. The molecule has 0 aliphatic rings. The summed E-state index contributed by atoms with van der Waals surface area (Å²) in [7, 11) is 0. The molecular formula is C14H13N3O3. The molecule has 0 bridgehead atoms. The lowest BCUT2D eigenvalue weighted by Crippen LogP contribution is -2.14. The molecule has 1 N–H and O–H groups in total. The maximum Gasteiger partial charge on any atom is 0.374 e. The minimum Gasteiger partial charge on any atom is -0.458 e. The van der Waals surface area contributed by atoms with Gasteiger partial charge in [0.1, 0.15) is 24.3 Å². The third kappa shape index (κ3) is 3.36. The van der Waals surface area contributed by atoms with E-state index in [2.05, 4.69) is 10.3 Å². The summed E-state index contributed by atoms with van der Waals surface area (Å²) < 4.78 is 10.2. The number of carbonyl (C=O) groups is 1. The largest absolute Gasteiger partial charge is 0.458 e. The molecule has 2 rings (SSSR count). The van der Waals surface area contributed by atoms with Crippen LogP contribution in [0.15, 0.2) is 34.9 Å². The molecule has 0 fully saturated rings. The first-order valence-corrected chi connectivity index (χ1v) is 6.03. The van der Waals surface area contributed by atoms with Gasteiger partial charge in [0.25, 0.3) is 0 Å². The molecule has 0 spiro atoms. The van der Waals surface area contributed by atoms with Gasteiger partial charge in [-0.05, 0) is 31.2 Å². The van der Waals surface area contributed by atoms with E-state index in [9.17, 15) is 4.79 Å². The molecule has 102 valence electrons. The van der Waals surface area contributed by atoms with Crippen LogP contribution in [0.2, 0.25) is 0 Å². The summed E-state index contributed by atoms with van der Waals surface area (Å²) in [5.41, 5.74) is 0.445. The van der Waals surface area contributed by atoms with Crippen molar-refractivity contribution in [2.75, 3.05) is 18.5 Å². The van der Waals surface area contributed by atoms with E-state index in [0.717, 1.165) is 0 Å². The van der Waals surface area contributed by atoms with Gasteiger partial charge in [0.2, 0.25) is 5.76 Å². The van der Waals surface area contributed by atoms with Gasteiger partial charge in [-0.2, -0.15) is 5.26 Å². The summed E-state index contributed by atoms with van der Waals surface area (Å²) in [6.45, 7) is 2.26. The van der Waals surface area contributed by atoms with Gasteiger partial charge >= 0.3 is 5.97 Å². The molecule has 2 aromatic rings. The summed E-state index contributed by atoms with van der Waals surface area (Å²) in [6, 6.07) is 8.63. The van der Waals surface area contributed by atoms with Crippen LogP contribution in [0.25, 0.3) is 0 Å². The zero-order valence-electron chi connectivity index (χ0n) is 10.9. The molecule has 0 saturated heterocycles. The van der Waals surface area contributed by atoms with Gasteiger partial charge < -0.3 is 14.5 Å². The van der Waals surface area contributed by atoms with Crippen molar-refractivity contribution in [3.05, 3.63) is 47.5 Å². The predicted molar refractivity (Wildman–Crippen MR) is 71.2 cm³/mol. The van der Waals surface area contributed by atoms with E-state index in [1.165, 1.54) is 0 Å². The van der Waals surface area contributed by atoms with Gasteiger partial charge in [0, 0.05) is 6.20 Å². The Hall–Kier alpha value is -2.81. The van der Waals surface area contributed by atoms with Crippen LogP contribution in [0.1, 0.15) is 21.9 Å². The van der Waals surface area contributed by atoms with Gasteiger partial charge in [-0.1, -0.05) is 0 Å². The van der Waals surface area contributed by atoms with E-state index in [0.29, 0.717) is 23.7 Å². The number of nitrogens with one attached hydrogen (secondary N) is 1. The molecule has 0 amide bonds. The normalized spacial score (nSPS) is 9.80. The Kier molecular flexibility index (Phi) is 4.35. The summed E-state index contributed by atoms with van der Waals surface area (Å²) >= 11 is 0. The molecule has 6 heteroatoms. The molecule has 0 saturated carbocycles. The zero-order valence-corrected chi connectivity index (χ0v) is 10.9. The lowest BCUT2D eigenvalue weighted by atomic mass is 10.3. The van der Waals surface area contributed by atoms with Crippen LogP contribution in [0.4, 0.5) is 5.82 Å². The fraction of sp³-hybridized carbons (Fsp3) is 0.214. The number of anilines is 1. The van der Waals surface area contributed by atoms with Crippen LogP contribution in [0.5, 0.6) is 0 Å². The molecule has 0 radical (unpaired) electrons. The van der Waals surface area contributed by atoms with Gasteiger partial charge in [-0.15, -0.1) is 0 Å². The molecule has 2 aromatic heterocycles. The molecule has 6 nitrogen and oxygen atoms in total. The molecule has 0 aromatic carbocycles. The number of nitriles is 1. The molecular weight excluding hydrogens is 258 g/mol. The van der Waals surface area contributed by atoms with Crippen molar-refractivity contribution in [2.45, 2.75) is 6.92 Å². The number of hydrogen-bond donors (Lipinski definition) is 1. The Labute approximate surface area is 116 Å². The number of carbonyl (C=O) groups excluding carboxylic acids is 1. The van der Waals surface area contributed by atoms with E-state index in [1.807, 2.05) is 6.07 Å². The number of esters is 1. The molecule has 0 unspecified atom stereocenters. The number of hydrogen-bond acceptors (Lipinski definition) is 6. The zero-order chi connectivity index (χ0) is 14.4. The number of aromatic nitrogens is 1. The maximum absolute atomic E-state index is 11.6. The van der Waals surface area contributed by atoms with Crippen LogP contribution in [0.3, 0.4) is 0 Å². The third-order valence-electron chi connectivity index (χ3n) is 2.50. The quantitative estimate of drug-likeness (QED) is 0.662. The van der Waals surface area contributed by atoms with Crippen molar-refractivity contribution in [3.63, 3.8) is 0 Å². The average Bonchev–Trinajstić information content (AvgIpc) is 2.90. The topological polar surface area (TPSA) is 88.1 Å². The second-order valence-electron chi connectivity index (χ2n) is 3.98. The van der Waals surface area contributed by atoms with Crippen LogP contribution in [0, 0.1) is 18.3 Å². The van der Waals surface area contributed by atoms with Crippen LogP contribution < -0.4 is 5.32 Å². The predicted octanol–water partition coefficient (Wildman–Crippen LogP) is 2.12. The summed E-state index contributed by atoms with van der Waals surface area (Å²) in [6.07, 6.45) is 1.58. The summed E-state index contributed by atoms with van der Waals surface area (Å²) in [5, 5.41) is 11.8. The van der Waals surface area contributed by atoms with Crippen molar-refractivity contribution in [1.82, 2.24) is 4.98 Å². The smallest absolute Gasteiger partial charge is 0.374 e. The second kappa shape index (κ2) is 6.38. The molecule has 0 aliphatic heterocycles. The van der Waals surface area contributed by atoms with Crippen LogP contribution in [-0.4, -0.2) is 24.1 Å². The first-order chi connectivity index (χ1) is 9.70. The highest BCUT2D eigenvalue weighted by molar-refractivity contribution is 5.86. The minimum atomic E-state index is -0.513. The highest BCUT2D eigenvalue weighted by Gasteiger charge is 2.11. The number of nitrogens with zero attached hydrogens (tertiary/aromatic N) is 2. The Morgan fingerprint density at radius 2 is 2.35 bits per heavy atom. The Morgan fingerprint density at radius 3 is 3.05 bits per heavy atom. The first-order valence-electron chi connectivity index (χ1n) is 6.03. The van der Waals surface area contributed by atoms with Crippen molar-refractivity contribution < 1.29 is 13.9 Å². The van der Waals surface area contributed by atoms with E-state index in [-0.39, 0.29) is 12.4 Å². The lowest BCUT2D eigenvalue weighted by molar-refractivity contribution is 0.0483. The SMILES string of the molecule is Cc1ccc(C(=O)OCCNc2ncccc2C#N)o1. The standard InChI is InChI=1S/C14H13N3O3/c1-10-4-5-12(20-10)14(18)19-8-7-17-13-11(9-15)3-2-6-16-13/h2-6H,7-8H2,1H3,(H,16,17). The first kappa shape index (κ1) is 13.6. The van der Waals surface area contributed by atoms with Gasteiger partial charge in [0.05, 0.1) is 12.1 Å². The maximum atomic E-state index is 11.6. The highest BCUT2D eigenvalue weighted by Crippen LogP contribution is 2.09. The number of ether oxygens (including phenoxy) is 1.